The van der Waals surface area contributed by atoms with Gasteiger partial charge in [0.15, 0.2) is 5.78 Å². The van der Waals surface area contributed by atoms with E-state index >= 15 is 0 Å². The van der Waals surface area contributed by atoms with Crippen LogP contribution in [0.25, 0.3) is 0 Å². The molecule has 4 rings (SSSR count). The number of ketones is 2. The molecule has 0 aromatic carbocycles. The van der Waals surface area contributed by atoms with Crippen molar-refractivity contribution in [1.82, 2.24) is 0 Å². The van der Waals surface area contributed by atoms with Crippen LogP contribution in [0.2, 0.25) is 0 Å². The Kier molecular flexibility index (Phi) is 2.90. The Labute approximate surface area is 133 Å². The number of rotatable bonds is 0. The van der Waals surface area contributed by atoms with Crippen LogP contribution in [-0.4, -0.2) is 11.6 Å². The molecule has 0 amide bonds. The fraction of sp³-hybridized carbons (Fsp3) is 0.700. The van der Waals surface area contributed by atoms with E-state index < -0.39 is 0 Å². The molecule has 2 nitrogen and oxygen atoms in total. The Balaban J connectivity index is 1.83. The zero-order chi connectivity index (χ0) is 15.7. The van der Waals surface area contributed by atoms with E-state index in [1.54, 1.807) is 5.57 Å². The first-order valence-electron chi connectivity index (χ1n) is 8.84. The number of carbonyl (C=O) groups is 2. The summed E-state index contributed by atoms with van der Waals surface area (Å²) in [5, 5.41) is 0. The van der Waals surface area contributed by atoms with Crippen molar-refractivity contribution in [2.45, 2.75) is 59.3 Å². The number of fused-ring (bicyclic) bond motifs is 5. The minimum Gasteiger partial charge on any atom is -0.299 e. The maximum atomic E-state index is 12.4. The molecule has 4 unspecified atom stereocenters. The monoisotopic (exact) mass is 298 g/mol. The molecule has 0 aliphatic heterocycles. The fourth-order valence-electron chi connectivity index (χ4n) is 5.96. The highest BCUT2D eigenvalue weighted by atomic mass is 16.1. The van der Waals surface area contributed by atoms with E-state index in [0.717, 1.165) is 32.1 Å². The van der Waals surface area contributed by atoms with Crippen molar-refractivity contribution >= 4 is 11.6 Å². The minimum atomic E-state index is -0.121. The molecule has 4 aliphatic rings. The third-order valence-corrected chi connectivity index (χ3v) is 7.38. The molecular formula is C20H26O2. The van der Waals surface area contributed by atoms with Crippen LogP contribution in [0.4, 0.5) is 0 Å². The maximum Gasteiger partial charge on any atom is 0.155 e. The molecule has 0 spiro atoms. The molecule has 0 heterocycles. The average Bonchev–Trinajstić information content (AvgIpc) is 2.77. The Hall–Kier alpha value is -1.18. The van der Waals surface area contributed by atoms with Crippen molar-refractivity contribution < 1.29 is 9.59 Å². The lowest BCUT2D eigenvalue weighted by Crippen LogP contribution is -2.47. The smallest absolute Gasteiger partial charge is 0.155 e. The third-order valence-electron chi connectivity index (χ3n) is 7.38. The molecule has 0 aromatic rings. The van der Waals surface area contributed by atoms with Gasteiger partial charge in [0.25, 0.3) is 0 Å². The molecule has 118 valence electrons. The van der Waals surface area contributed by atoms with Crippen LogP contribution in [0.5, 0.6) is 0 Å². The second-order valence-corrected chi connectivity index (χ2v) is 8.52. The van der Waals surface area contributed by atoms with Crippen molar-refractivity contribution in [3.05, 3.63) is 23.3 Å². The first-order valence-corrected chi connectivity index (χ1v) is 8.84. The summed E-state index contributed by atoms with van der Waals surface area (Å²) in [6.07, 6.45) is 9.74. The van der Waals surface area contributed by atoms with E-state index in [-0.39, 0.29) is 10.8 Å². The summed E-state index contributed by atoms with van der Waals surface area (Å²) in [7, 11) is 0. The zero-order valence-corrected chi connectivity index (χ0v) is 13.9. The average molecular weight is 298 g/mol. The minimum absolute atomic E-state index is 0.0814. The third kappa shape index (κ3) is 1.67. The van der Waals surface area contributed by atoms with Gasteiger partial charge in [0.1, 0.15) is 5.78 Å². The Morgan fingerprint density at radius 3 is 2.73 bits per heavy atom. The summed E-state index contributed by atoms with van der Waals surface area (Å²) in [5.41, 5.74) is 2.87. The van der Waals surface area contributed by atoms with E-state index in [1.165, 1.54) is 5.57 Å². The summed E-state index contributed by atoms with van der Waals surface area (Å²) < 4.78 is 0. The molecule has 5 atom stereocenters. The molecule has 0 aromatic heterocycles. The van der Waals surface area contributed by atoms with Gasteiger partial charge in [-0.3, -0.25) is 9.59 Å². The second-order valence-electron chi connectivity index (χ2n) is 8.52. The van der Waals surface area contributed by atoms with E-state index in [0.29, 0.717) is 35.7 Å². The predicted octanol–water partition coefficient (Wildman–Crippen LogP) is 4.25. The number of allylic oxidation sites excluding steroid dienone is 4. The molecule has 0 saturated heterocycles. The normalized spacial score (nSPS) is 47.3. The van der Waals surface area contributed by atoms with Crippen molar-refractivity contribution in [3.8, 4) is 0 Å². The number of carbonyl (C=O) groups excluding carboxylic acids is 2. The molecule has 2 saturated carbocycles. The highest BCUT2D eigenvalue weighted by molar-refractivity contribution is 5.92. The van der Waals surface area contributed by atoms with E-state index in [9.17, 15) is 9.59 Å². The van der Waals surface area contributed by atoms with Crippen LogP contribution < -0.4 is 0 Å². The van der Waals surface area contributed by atoms with Crippen molar-refractivity contribution in [2.75, 3.05) is 0 Å². The largest absolute Gasteiger partial charge is 0.299 e. The number of hydrogen-bond acceptors (Lipinski definition) is 2. The number of Topliss-reactive ketones (excluding diaryl/α,β-unsaturated/α-hetero) is 1. The molecular weight excluding hydrogens is 272 g/mol. The van der Waals surface area contributed by atoms with Gasteiger partial charge in [-0.05, 0) is 49.5 Å². The van der Waals surface area contributed by atoms with Crippen LogP contribution >= 0.6 is 0 Å². The first-order chi connectivity index (χ1) is 10.4. The lowest BCUT2D eigenvalue weighted by molar-refractivity contribution is -0.127. The lowest BCUT2D eigenvalue weighted by Gasteiger charge is -2.54. The molecule has 2 heteroatoms. The van der Waals surface area contributed by atoms with Crippen molar-refractivity contribution in [1.29, 1.82) is 0 Å². The molecule has 22 heavy (non-hydrogen) atoms. The maximum absolute atomic E-state index is 12.4. The van der Waals surface area contributed by atoms with Gasteiger partial charge in [-0.15, -0.1) is 0 Å². The van der Waals surface area contributed by atoms with Gasteiger partial charge in [-0.2, -0.15) is 0 Å². The molecule has 4 aliphatic carbocycles. The molecule has 0 radical (unpaired) electrons. The van der Waals surface area contributed by atoms with Crippen molar-refractivity contribution in [3.63, 3.8) is 0 Å². The summed E-state index contributed by atoms with van der Waals surface area (Å²) in [4.78, 5) is 24.3. The second kappa shape index (κ2) is 4.43. The van der Waals surface area contributed by atoms with Crippen LogP contribution in [0, 0.1) is 28.6 Å². The Morgan fingerprint density at radius 1 is 1.18 bits per heavy atom. The van der Waals surface area contributed by atoms with Crippen LogP contribution in [-0.2, 0) is 9.59 Å². The van der Waals surface area contributed by atoms with Gasteiger partial charge in [0.05, 0.1) is 0 Å². The highest BCUT2D eigenvalue weighted by Gasteiger charge is 2.57. The van der Waals surface area contributed by atoms with E-state index in [1.807, 2.05) is 6.08 Å². The van der Waals surface area contributed by atoms with Gasteiger partial charge in [-0.25, -0.2) is 0 Å². The molecule has 0 bridgehead atoms. The Morgan fingerprint density at radius 2 is 1.95 bits per heavy atom. The fourth-order valence-corrected chi connectivity index (χ4v) is 5.96. The summed E-state index contributed by atoms with van der Waals surface area (Å²) in [5.74, 6) is 2.39. The van der Waals surface area contributed by atoms with Gasteiger partial charge < -0.3 is 0 Å². The summed E-state index contributed by atoms with van der Waals surface area (Å²) >= 11 is 0. The highest BCUT2D eigenvalue weighted by Crippen LogP contribution is 2.63. The zero-order valence-electron chi connectivity index (χ0n) is 13.9. The standard InChI is InChI=1S/C20H26O2/c1-12-10-13-11-14(21)6-8-19(13,2)16-7-9-20(3)15(18(12)16)4-5-17(20)22/h7,11-12,15,18H,4-6,8-10H2,1-3H3/t12-,15?,18?,19?,20?/m1/s1. The quantitative estimate of drug-likeness (QED) is 0.626. The van der Waals surface area contributed by atoms with Crippen LogP contribution in [0.3, 0.4) is 0 Å². The van der Waals surface area contributed by atoms with Crippen LogP contribution in [0.1, 0.15) is 59.3 Å². The molecule has 2 fully saturated rings. The van der Waals surface area contributed by atoms with Crippen molar-refractivity contribution in [2.24, 2.45) is 28.6 Å². The van der Waals surface area contributed by atoms with Gasteiger partial charge >= 0.3 is 0 Å². The van der Waals surface area contributed by atoms with Crippen LogP contribution in [0.15, 0.2) is 23.3 Å². The SMILES string of the molecule is C[C@@H]1CC2=CC(=O)CCC2(C)C2=CCC3(C)C(=O)CCC3C21. The van der Waals surface area contributed by atoms with Gasteiger partial charge in [0, 0.05) is 23.7 Å². The summed E-state index contributed by atoms with van der Waals surface area (Å²) in [6.45, 7) is 6.87. The van der Waals surface area contributed by atoms with Gasteiger partial charge in [-0.1, -0.05) is 38.0 Å². The lowest BCUT2D eigenvalue weighted by atomic mass is 9.49. The Bertz CT molecular complexity index is 626. The topological polar surface area (TPSA) is 34.1 Å². The molecule has 0 N–H and O–H groups in total. The van der Waals surface area contributed by atoms with E-state index in [2.05, 4.69) is 26.8 Å². The van der Waals surface area contributed by atoms with E-state index in [4.69, 9.17) is 0 Å². The first kappa shape index (κ1) is 14.4. The predicted molar refractivity (Wildman–Crippen MR) is 86.2 cm³/mol. The van der Waals surface area contributed by atoms with Gasteiger partial charge in [0.2, 0.25) is 0 Å². The summed E-state index contributed by atoms with van der Waals surface area (Å²) in [6, 6.07) is 0. The number of hydrogen-bond donors (Lipinski definition) is 0.